The van der Waals surface area contributed by atoms with Gasteiger partial charge in [-0.15, -0.1) is 0 Å². The molecule has 0 spiro atoms. The Bertz CT molecular complexity index is 795. The zero-order valence-electron chi connectivity index (χ0n) is 17.1. The van der Waals surface area contributed by atoms with Gasteiger partial charge in [0, 0.05) is 0 Å². The minimum absolute atomic E-state index is 0.179. The smallest absolute Gasteiger partial charge is 0.326 e. The van der Waals surface area contributed by atoms with Crippen LogP contribution in [0.4, 0.5) is 16.2 Å². The van der Waals surface area contributed by atoms with Gasteiger partial charge in [0.2, 0.25) is 11.8 Å². The summed E-state index contributed by atoms with van der Waals surface area (Å²) in [6.07, 6.45) is 0.592. The van der Waals surface area contributed by atoms with Crippen LogP contribution < -0.4 is 20.9 Å². The van der Waals surface area contributed by atoms with Crippen molar-refractivity contribution in [2.24, 2.45) is 11.8 Å². The highest BCUT2D eigenvalue weighted by Crippen LogP contribution is 2.29. The number of aliphatic carboxylic acids is 1. The molecule has 4 N–H and O–H groups in total. The first-order valence-electron chi connectivity index (χ1n) is 9.65. The number of benzene rings is 1. The summed E-state index contributed by atoms with van der Waals surface area (Å²) >= 11 is 0. The summed E-state index contributed by atoms with van der Waals surface area (Å²) in [5.41, 5.74) is 1.03. The number of hydrogen-bond donors (Lipinski definition) is 4. The van der Waals surface area contributed by atoms with Crippen LogP contribution in [-0.2, 0) is 14.4 Å². The Labute approximate surface area is 169 Å². The molecule has 0 saturated carbocycles. The molecule has 1 aliphatic rings. The SMILES string of the molecule is CCC(C)C(NC(=O)N1CC(=O)Nc2ccccc21)C(=O)NC(C(=O)O)C(C)C. The molecule has 158 valence electrons. The van der Waals surface area contributed by atoms with E-state index in [1.807, 2.05) is 6.92 Å². The van der Waals surface area contributed by atoms with Crippen molar-refractivity contribution in [1.82, 2.24) is 10.6 Å². The van der Waals surface area contributed by atoms with Crippen molar-refractivity contribution in [1.29, 1.82) is 0 Å². The van der Waals surface area contributed by atoms with E-state index >= 15 is 0 Å². The van der Waals surface area contributed by atoms with E-state index in [2.05, 4.69) is 16.0 Å². The molecule has 9 nitrogen and oxygen atoms in total. The second kappa shape index (κ2) is 9.40. The van der Waals surface area contributed by atoms with E-state index < -0.39 is 30.0 Å². The van der Waals surface area contributed by atoms with Crippen molar-refractivity contribution < 1.29 is 24.3 Å². The molecule has 9 heteroatoms. The first kappa shape index (κ1) is 22.2. The molecular formula is C20H28N4O5. The van der Waals surface area contributed by atoms with Gasteiger partial charge in [-0.3, -0.25) is 14.5 Å². The van der Waals surface area contributed by atoms with Gasteiger partial charge in [0.15, 0.2) is 0 Å². The van der Waals surface area contributed by atoms with Gasteiger partial charge >= 0.3 is 12.0 Å². The number of carbonyl (C=O) groups is 4. The van der Waals surface area contributed by atoms with Gasteiger partial charge in [0.05, 0.1) is 11.4 Å². The number of anilines is 2. The van der Waals surface area contributed by atoms with Gasteiger partial charge in [-0.05, 0) is 24.0 Å². The highest BCUT2D eigenvalue weighted by molar-refractivity contribution is 6.10. The van der Waals surface area contributed by atoms with Gasteiger partial charge < -0.3 is 21.1 Å². The van der Waals surface area contributed by atoms with E-state index in [-0.39, 0.29) is 24.3 Å². The third kappa shape index (κ3) is 5.24. The number of para-hydroxylation sites is 2. The van der Waals surface area contributed by atoms with Crippen LogP contribution in [0.15, 0.2) is 24.3 Å². The molecule has 3 unspecified atom stereocenters. The fourth-order valence-electron chi connectivity index (χ4n) is 3.08. The Hall–Kier alpha value is -3.10. The van der Waals surface area contributed by atoms with E-state index in [4.69, 9.17) is 0 Å². The lowest BCUT2D eigenvalue weighted by atomic mass is 9.97. The van der Waals surface area contributed by atoms with Gasteiger partial charge in [0.1, 0.15) is 18.6 Å². The van der Waals surface area contributed by atoms with Crippen LogP contribution in [-0.4, -0.2) is 47.5 Å². The molecule has 29 heavy (non-hydrogen) atoms. The van der Waals surface area contributed by atoms with Gasteiger partial charge in [-0.25, -0.2) is 9.59 Å². The first-order chi connectivity index (χ1) is 13.6. The number of rotatable bonds is 7. The second-order valence-corrected chi connectivity index (χ2v) is 7.53. The Morgan fingerprint density at radius 3 is 2.38 bits per heavy atom. The molecule has 3 atom stereocenters. The summed E-state index contributed by atoms with van der Waals surface area (Å²) in [7, 11) is 0. The maximum absolute atomic E-state index is 12.9. The standard InChI is InChI=1S/C20H28N4O5/c1-5-12(4)17(18(26)22-16(11(2)3)19(27)28)23-20(29)24-10-15(25)21-13-8-6-7-9-14(13)24/h6-9,11-12,16-17H,5,10H2,1-4H3,(H,21,25)(H,22,26)(H,23,29)(H,27,28). The number of fused-ring (bicyclic) bond motifs is 1. The van der Waals surface area contributed by atoms with Gasteiger partial charge in [-0.2, -0.15) is 0 Å². The Morgan fingerprint density at radius 1 is 1.14 bits per heavy atom. The lowest BCUT2D eigenvalue weighted by Crippen LogP contribution is -2.58. The number of carboxylic acids is 1. The molecule has 0 radical (unpaired) electrons. The van der Waals surface area contributed by atoms with Crippen molar-refractivity contribution in [3.05, 3.63) is 24.3 Å². The lowest BCUT2D eigenvalue weighted by Gasteiger charge is -2.32. The molecule has 0 aliphatic carbocycles. The molecular weight excluding hydrogens is 376 g/mol. The van der Waals surface area contributed by atoms with E-state index in [9.17, 15) is 24.3 Å². The van der Waals surface area contributed by atoms with E-state index in [1.165, 1.54) is 4.90 Å². The molecule has 0 aromatic heterocycles. The van der Waals surface area contributed by atoms with Crippen LogP contribution >= 0.6 is 0 Å². The molecule has 1 aliphatic heterocycles. The van der Waals surface area contributed by atoms with Crippen LogP contribution in [0, 0.1) is 11.8 Å². The minimum Gasteiger partial charge on any atom is -0.480 e. The van der Waals surface area contributed by atoms with Crippen molar-refractivity contribution >= 4 is 35.2 Å². The van der Waals surface area contributed by atoms with Crippen molar-refractivity contribution in [2.45, 2.75) is 46.2 Å². The molecule has 4 amide bonds. The third-order valence-corrected chi connectivity index (χ3v) is 5.02. The first-order valence-corrected chi connectivity index (χ1v) is 9.65. The monoisotopic (exact) mass is 404 g/mol. The minimum atomic E-state index is -1.13. The summed E-state index contributed by atoms with van der Waals surface area (Å²) in [5.74, 6) is -2.60. The zero-order chi connectivity index (χ0) is 21.7. The number of hydrogen-bond acceptors (Lipinski definition) is 4. The van der Waals surface area contributed by atoms with Crippen molar-refractivity contribution in [2.75, 3.05) is 16.8 Å². The summed E-state index contributed by atoms with van der Waals surface area (Å²) in [6.45, 7) is 6.88. The third-order valence-electron chi connectivity index (χ3n) is 5.02. The van der Waals surface area contributed by atoms with Crippen LogP contribution in [0.1, 0.15) is 34.1 Å². The molecule has 0 saturated heterocycles. The Balaban J connectivity index is 2.22. The maximum atomic E-state index is 12.9. The molecule has 0 fully saturated rings. The molecule has 1 aromatic rings. The maximum Gasteiger partial charge on any atom is 0.326 e. The highest BCUT2D eigenvalue weighted by atomic mass is 16.4. The number of nitrogens with one attached hydrogen (secondary N) is 3. The van der Waals surface area contributed by atoms with Crippen LogP contribution in [0.3, 0.4) is 0 Å². The molecule has 2 rings (SSSR count). The number of carboxylic acid groups (broad SMARTS) is 1. The van der Waals surface area contributed by atoms with Crippen LogP contribution in [0.2, 0.25) is 0 Å². The molecule has 1 heterocycles. The van der Waals surface area contributed by atoms with Crippen molar-refractivity contribution in [3.63, 3.8) is 0 Å². The highest BCUT2D eigenvalue weighted by Gasteiger charge is 2.34. The quantitative estimate of drug-likeness (QED) is 0.551. The van der Waals surface area contributed by atoms with Gasteiger partial charge in [0.25, 0.3) is 0 Å². The molecule has 0 bridgehead atoms. The molecule has 1 aromatic carbocycles. The number of carbonyl (C=O) groups excluding carboxylic acids is 3. The van der Waals surface area contributed by atoms with Crippen LogP contribution in [0.5, 0.6) is 0 Å². The fraction of sp³-hybridized carbons (Fsp3) is 0.500. The largest absolute Gasteiger partial charge is 0.480 e. The van der Waals surface area contributed by atoms with Crippen LogP contribution in [0.25, 0.3) is 0 Å². The Kier molecular flexibility index (Phi) is 7.19. The lowest BCUT2D eigenvalue weighted by molar-refractivity contribution is -0.143. The normalized spacial score (nSPS) is 16.3. The summed E-state index contributed by atoms with van der Waals surface area (Å²) in [4.78, 5) is 50.4. The van der Waals surface area contributed by atoms with E-state index in [0.717, 1.165) is 0 Å². The second-order valence-electron chi connectivity index (χ2n) is 7.53. The zero-order valence-corrected chi connectivity index (χ0v) is 17.1. The number of urea groups is 1. The topological polar surface area (TPSA) is 128 Å². The number of nitrogens with zero attached hydrogens (tertiary/aromatic N) is 1. The summed E-state index contributed by atoms with van der Waals surface area (Å²) in [5, 5.41) is 17.2. The fourth-order valence-corrected chi connectivity index (χ4v) is 3.08. The van der Waals surface area contributed by atoms with Gasteiger partial charge in [-0.1, -0.05) is 46.2 Å². The predicted molar refractivity (Wildman–Crippen MR) is 109 cm³/mol. The average molecular weight is 404 g/mol. The summed E-state index contributed by atoms with van der Waals surface area (Å²) < 4.78 is 0. The average Bonchev–Trinajstić information content (AvgIpc) is 2.67. The van der Waals surface area contributed by atoms with Crippen molar-refractivity contribution in [3.8, 4) is 0 Å². The van der Waals surface area contributed by atoms with E-state index in [1.54, 1.807) is 45.0 Å². The predicted octanol–water partition coefficient (Wildman–Crippen LogP) is 1.79. The summed E-state index contributed by atoms with van der Waals surface area (Å²) in [6, 6.07) is 4.28. The van der Waals surface area contributed by atoms with E-state index in [0.29, 0.717) is 17.8 Å². The Morgan fingerprint density at radius 2 is 1.79 bits per heavy atom. The number of amides is 4.